The van der Waals surface area contributed by atoms with Crippen LogP contribution in [-0.4, -0.2) is 23.4 Å². The molecular weight excluding hydrogens is 128 g/mol. The van der Waals surface area contributed by atoms with Gasteiger partial charge in [-0.15, -0.1) is 6.42 Å². The summed E-state index contributed by atoms with van der Waals surface area (Å²) in [6, 6.07) is 0. The molecular formula is C8H12O2. The summed E-state index contributed by atoms with van der Waals surface area (Å²) in [7, 11) is 0. The van der Waals surface area contributed by atoms with Crippen molar-refractivity contribution in [1.29, 1.82) is 0 Å². The zero-order valence-electron chi connectivity index (χ0n) is 5.83. The molecule has 0 aliphatic rings. The van der Waals surface area contributed by atoms with Crippen molar-refractivity contribution < 1.29 is 10.2 Å². The molecule has 0 spiro atoms. The molecule has 0 saturated heterocycles. The fraction of sp³-hybridized carbons (Fsp3) is 0.500. The van der Waals surface area contributed by atoms with E-state index in [1.165, 1.54) is 0 Å². The van der Waals surface area contributed by atoms with Crippen LogP contribution in [0.15, 0.2) is 12.2 Å². The number of hydrogen-bond donors (Lipinski definition) is 2. The first-order chi connectivity index (χ1) is 4.85. The van der Waals surface area contributed by atoms with Gasteiger partial charge in [0.05, 0.1) is 6.61 Å². The standard InChI is InChI=1S/C8H12O2/c1-2-8(5-7-10)4-3-6-9/h1,3-4,8-10H,5-7H2. The van der Waals surface area contributed by atoms with Gasteiger partial charge in [-0.2, -0.15) is 0 Å². The Bertz CT molecular complexity index is 133. The zero-order chi connectivity index (χ0) is 7.82. The van der Waals surface area contributed by atoms with Gasteiger partial charge in [-0.1, -0.05) is 18.1 Å². The highest BCUT2D eigenvalue weighted by atomic mass is 16.3. The second-order valence-corrected chi connectivity index (χ2v) is 1.90. The summed E-state index contributed by atoms with van der Waals surface area (Å²) >= 11 is 0. The summed E-state index contributed by atoms with van der Waals surface area (Å²) in [5.74, 6) is 2.44. The molecule has 0 aromatic heterocycles. The van der Waals surface area contributed by atoms with Crippen molar-refractivity contribution in [1.82, 2.24) is 0 Å². The zero-order valence-corrected chi connectivity index (χ0v) is 5.83. The molecule has 1 atom stereocenters. The molecule has 0 heterocycles. The third-order valence-electron chi connectivity index (χ3n) is 1.13. The SMILES string of the molecule is C#CC(C=CCO)CCO. The lowest BCUT2D eigenvalue weighted by Gasteiger charge is -1.99. The fourth-order valence-corrected chi connectivity index (χ4v) is 0.599. The van der Waals surface area contributed by atoms with Crippen molar-refractivity contribution >= 4 is 0 Å². The third kappa shape index (κ3) is 4.13. The van der Waals surface area contributed by atoms with Crippen molar-refractivity contribution in [3.05, 3.63) is 12.2 Å². The van der Waals surface area contributed by atoms with Crippen LogP contribution in [0, 0.1) is 18.3 Å². The number of aliphatic hydroxyl groups excluding tert-OH is 2. The van der Waals surface area contributed by atoms with E-state index >= 15 is 0 Å². The van der Waals surface area contributed by atoms with Crippen LogP contribution >= 0.6 is 0 Å². The molecule has 56 valence electrons. The number of rotatable bonds is 4. The molecule has 0 aliphatic carbocycles. The Labute approximate surface area is 61.2 Å². The Morgan fingerprint density at radius 1 is 1.50 bits per heavy atom. The molecule has 0 amide bonds. The van der Waals surface area contributed by atoms with Gasteiger partial charge in [-0.25, -0.2) is 0 Å². The van der Waals surface area contributed by atoms with Crippen molar-refractivity contribution in [2.45, 2.75) is 6.42 Å². The summed E-state index contributed by atoms with van der Waals surface area (Å²) in [5.41, 5.74) is 0. The Kier molecular flexibility index (Phi) is 5.85. The van der Waals surface area contributed by atoms with E-state index in [1.807, 2.05) is 0 Å². The lowest BCUT2D eigenvalue weighted by molar-refractivity contribution is 0.280. The molecule has 0 fully saturated rings. The molecule has 2 heteroatoms. The van der Waals surface area contributed by atoms with Gasteiger partial charge >= 0.3 is 0 Å². The van der Waals surface area contributed by atoms with E-state index in [0.717, 1.165) is 0 Å². The molecule has 0 saturated carbocycles. The average Bonchev–Trinajstić information content (AvgIpc) is 1.98. The van der Waals surface area contributed by atoms with Crippen LogP contribution in [0.2, 0.25) is 0 Å². The molecule has 2 nitrogen and oxygen atoms in total. The smallest absolute Gasteiger partial charge is 0.0612 e. The molecule has 1 unspecified atom stereocenters. The Hall–Kier alpha value is -0.780. The van der Waals surface area contributed by atoms with Crippen LogP contribution in [0.3, 0.4) is 0 Å². The minimum Gasteiger partial charge on any atom is -0.396 e. The molecule has 0 rings (SSSR count). The van der Waals surface area contributed by atoms with Gasteiger partial charge in [0.15, 0.2) is 0 Å². The number of allylic oxidation sites excluding steroid dienone is 1. The van der Waals surface area contributed by atoms with Crippen molar-refractivity contribution in [2.24, 2.45) is 5.92 Å². The van der Waals surface area contributed by atoms with E-state index in [1.54, 1.807) is 12.2 Å². The van der Waals surface area contributed by atoms with E-state index in [0.29, 0.717) is 6.42 Å². The highest BCUT2D eigenvalue weighted by molar-refractivity contribution is 5.04. The maximum Gasteiger partial charge on any atom is 0.0612 e. The summed E-state index contributed by atoms with van der Waals surface area (Å²) < 4.78 is 0. The molecule has 0 aromatic rings. The average molecular weight is 140 g/mol. The highest BCUT2D eigenvalue weighted by Gasteiger charge is 1.96. The van der Waals surface area contributed by atoms with E-state index in [2.05, 4.69) is 5.92 Å². The second kappa shape index (κ2) is 6.34. The predicted molar refractivity (Wildman–Crippen MR) is 40.3 cm³/mol. The predicted octanol–water partition coefficient (Wildman–Crippen LogP) is 0.167. The van der Waals surface area contributed by atoms with Gasteiger partial charge in [0.1, 0.15) is 0 Å². The van der Waals surface area contributed by atoms with Gasteiger partial charge < -0.3 is 10.2 Å². The van der Waals surface area contributed by atoms with Crippen molar-refractivity contribution in [2.75, 3.05) is 13.2 Å². The number of terminal acetylenes is 1. The maximum atomic E-state index is 8.48. The molecule has 0 bridgehead atoms. The number of aliphatic hydroxyl groups is 2. The van der Waals surface area contributed by atoms with Gasteiger partial charge in [-0.3, -0.25) is 0 Å². The summed E-state index contributed by atoms with van der Waals surface area (Å²) in [5, 5.41) is 16.8. The second-order valence-electron chi connectivity index (χ2n) is 1.90. The van der Waals surface area contributed by atoms with E-state index in [4.69, 9.17) is 16.6 Å². The van der Waals surface area contributed by atoms with Crippen LogP contribution < -0.4 is 0 Å². The van der Waals surface area contributed by atoms with Crippen LogP contribution in [0.25, 0.3) is 0 Å². The van der Waals surface area contributed by atoms with Crippen LogP contribution in [0.1, 0.15) is 6.42 Å². The van der Waals surface area contributed by atoms with Gasteiger partial charge in [0.2, 0.25) is 0 Å². The maximum absolute atomic E-state index is 8.48. The first-order valence-corrected chi connectivity index (χ1v) is 3.19. The first-order valence-electron chi connectivity index (χ1n) is 3.19. The molecule has 0 aliphatic heterocycles. The highest BCUT2D eigenvalue weighted by Crippen LogP contribution is 2.01. The first kappa shape index (κ1) is 9.22. The lowest BCUT2D eigenvalue weighted by Crippen LogP contribution is -1.95. The quantitative estimate of drug-likeness (QED) is 0.431. The fourth-order valence-electron chi connectivity index (χ4n) is 0.599. The largest absolute Gasteiger partial charge is 0.396 e. The molecule has 0 aromatic carbocycles. The number of hydrogen-bond acceptors (Lipinski definition) is 2. The minimum absolute atomic E-state index is 0.00358. The van der Waals surface area contributed by atoms with Crippen LogP contribution in [0.4, 0.5) is 0 Å². The molecule has 2 N–H and O–H groups in total. The molecule has 10 heavy (non-hydrogen) atoms. The summed E-state index contributed by atoms with van der Waals surface area (Å²) in [6.45, 7) is 0.0915. The van der Waals surface area contributed by atoms with Crippen LogP contribution in [-0.2, 0) is 0 Å². The van der Waals surface area contributed by atoms with E-state index in [-0.39, 0.29) is 19.1 Å². The third-order valence-corrected chi connectivity index (χ3v) is 1.13. The Morgan fingerprint density at radius 2 is 2.20 bits per heavy atom. The normalized spacial score (nSPS) is 13.3. The molecule has 0 radical (unpaired) electrons. The van der Waals surface area contributed by atoms with Gasteiger partial charge in [0.25, 0.3) is 0 Å². The van der Waals surface area contributed by atoms with Crippen LogP contribution in [0.5, 0.6) is 0 Å². The Morgan fingerprint density at radius 3 is 2.60 bits per heavy atom. The Balaban J connectivity index is 3.62. The van der Waals surface area contributed by atoms with Gasteiger partial charge in [0, 0.05) is 12.5 Å². The van der Waals surface area contributed by atoms with Crippen molar-refractivity contribution in [3.8, 4) is 12.3 Å². The monoisotopic (exact) mass is 140 g/mol. The van der Waals surface area contributed by atoms with Gasteiger partial charge in [-0.05, 0) is 6.42 Å². The van der Waals surface area contributed by atoms with E-state index in [9.17, 15) is 0 Å². The van der Waals surface area contributed by atoms with Crippen molar-refractivity contribution in [3.63, 3.8) is 0 Å². The topological polar surface area (TPSA) is 40.5 Å². The summed E-state index contributed by atoms with van der Waals surface area (Å²) in [4.78, 5) is 0. The lowest BCUT2D eigenvalue weighted by atomic mass is 10.1. The summed E-state index contributed by atoms with van der Waals surface area (Å²) in [6.07, 6.45) is 8.97. The minimum atomic E-state index is -0.0443. The van der Waals surface area contributed by atoms with E-state index < -0.39 is 0 Å².